The monoisotopic (exact) mass is 366 g/mol. The molecule has 126 valence electrons. The maximum Gasteiger partial charge on any atom is 0.243 e. The van der Waals surface area contributed by atoms with E-state index in [0.29, 0.717) is 21.5 Å². The van der Waals surface area contributed by atoms with E-state index in [4.69, 9.17) is 27.9 Å². The SMILES string of the molecule is O=C(CCOc1ccccc1)NCC(=O)Nc1cc(Cl)ccc1Cl. The fourth-order valence-electron chi connectivity index (χ4n) is 1.83. The van der Waals surface area contributed by atoms with Crippen molar-refractivity contribution in [3.8, 4) is 5.75 Å². The maximum atomic E-state index is 11.8. The largest absolute Gasteiger partial charge is 0.493 e. The Morgan fingerprint density at radius 2 is 1.75 bits per heavy atom. The number of hydrogen-bond acceptors (Lipinski definition) is 3. The molecular formula is C17H16Cl2N2O3. The minimum Gasteiger partial charge on any atom is -0.493 e. The lowest BCUT2D eigenvalue weighted by Gasteiger charge is -2.09. The summed E-state index contributed by atoms with van der Waals surface area (Å²) in [7, 11) is 0. The van der Waals surface area contributed by atoms with E-state index in [2.05, 4.69) is 10.6 Å². The van der Waals surface area contributed by atoms with Gasteiger partial charge in [-0.3, -0.25) is 9.59 Å². The minimum atomic E-state index is -0.392. The lowest BCUT2D eigenvalue weighted by molar-refractivity contribution is -0.124. The Morgan fingerprint density at radius 3 is 2.50 bits per heavy atom. The first-order valence-corrected chi connectivity index (χ1v) is 7.99. The Bertz CT molecular complexity index is 708. The molecule has 0 heterocycles. The van der Waals surface area contributed by atoms with Gasteiger partial charge in [0.2, 0.25) is 11.8 Å². The zero-order chi connectivity index (χ0) is 17.4. The summed E-state index contributed by atoms with van der Waals surface area (Å²) in [5.74, 6) is 0.0217. The molecule has 0 aliphatic rings. The Hall–Kier alpha value is -2.24. The van der Waals surface area contributed by atoms with Crippen LogP contribution in [-0.4, -0.2) is 25.0 Å². The summed E-state index contributed by atoms with van der Waals surface area (Å²) in [5.41, 5.74) is 0.399. The third kappa shape index (κ3) is 6.10. The number of ether oxygens (including phenoxy) is 1. The van der Waals surface area contributed by atoms with Crippen molar-refractivity contribution in [2.75, 3.05) is 18.5 Å². The predicted octanol–water partition coefficient (Wildman–Crippen LogP) is 3.52. The van der Waals surface area contributed by atoms with Gasteiger partial charge in [0, 0.05) is 5.02 Å². The first-order chi connectivity index (χ1) is 11.5. The number of benzene rings is 2. The van der Waals surface area contributed by atoms with Gasteiger partial charge in [-0.1, -0.05) is 41.4 Å². The molecule has 2 amide bonds. The Labute approximate surface area is 149 Å². The lowest BCUT2D eigenvalue weighted by atomic mass is 10.3. The van der Waals surface area contributed by atoms with Crippen molar-refractivity contribution >= 4 is 40.7 Å². The smallest absolute Gasteiger partial charge is 0.243 e. The van der Waals surface area contributed by atoms with Gasteiger partial charge in [-0.2, -0.15) is 0 Å². The molecule has 2 aromatic carbocycles. The number of rotatable bonds is 7. The molecular weight excluding hydrogens is 351 g/mol. The van der Waals surface area contributed by atoms with Crippen LogP contribution in [0, 0.1) is 0 Å². The molecule has 0 spiro atoms. The molecule has 2 aromatic rings. The molecule has 0 aliphatic heterocycles. The fraction of sp³-hybridized carbons (Fsp3) is 0.176. The van der Waals surface area contributed by atoms with Crippen LogP contribution in [-0.2, 0) is 9.59 Å². The Balaban J connectivity index is 1.69. The van der Waals surface area contributed by atoms with E-state index >= 15 is 0 Å². The van der Waals surface area contributed by atoms with Crippen LogP contribution < -0.4 is 15.4 Å². The first kappa shape index (κ1) is 18.1. The Morgan fingerprint density at radius 1 is 1.00 bits per heavy atom. The number of para-hydroxylation sites is 1. The highest BCUT2D eigenvalue weighted by molar-refractivity contribution is 6.35. The fourth-order valence-corrected chi connectivity index (χ4v) is 2.17. The summed E-state index contributed by atoms with van der Waals surface area (Å²) in [6.07, 6.45) is 0.153. The molecule has 2 rings (SSSR count). The molecule has 5 nitrogen and oxygen atoms in total. The van der Waals surface area contributed by atoms with Crippen LogP contribution >= 0.6 is 23.2 Å². The van der Waals surface area contributed by atoms with Crippen LogP contribution in [0.1, 0.15) is 6.42 Å². The second-order valence-electron chi connectivity index (χ2n) is 4.86. The number of nitrogens with one attached hydrogen (secondary N) is 2. The number of carbonyl (C=O) groups is 2. The highest BCUT2D eigenvalue weighted by Crippen LogP contribution is 2.25. The summed E-state index contributed by atoms with van der Waals surface area (Å²) >= 11 is 11.8. The average molecular weight is 367 g/mol. The van der Waals surface area contributed by atoms with Gasteiger partial charge in [0.25, 0.3) is 0 Å². The number of carbonyl (C=O) groups excluding carboxylic acids is 2. The number of hydrogen-bond donors (Lipinski definition) is 2. The van der Waals surface area contributed by atoms with E-state index in [1.54, 1.807) is 24.3 Å². The number of amides is 2. The molecule has 7 heteroatoms. The van der Waals surface area contributed by atoms with E-state index < -0.39 is 5.91 Å². The molecule has 0 unspecified atom stereocenters. The molecule has 0 radical (unpaired) electrons. The standard InChI is InChI=1S/C17H16Cl2N2O3/c18-12-6-7-14(19)15(10-12)21-17(23)11-20-16(22)8-9-24-13-4-2-1-3-5-13/h1-7,10H,8-9,11H2,(H,20,22)(H,21,23). The molecule has 0 aliphatic carbocycles. The van der Waals surface area contributed by atoms with Gasteiger partial charge < -0.3 is 15.4 Å². The van der Waals surface area contributed by atoms with Gasteiger partial charge in [0.05, 0.1) is 30.3 Å². The lowest BCUT2D eigenvalue weighted by Crippen LogP contribution is -2.33. The summed E-state index contributed by atoms with van der Waals surface area (Å²) in [4.78, 5) is 23.5. The molecule has 0 saturated carbocycles. The van der Waals surface area contributed by atoms with Crippen LogP contribution in [0.3, 0.4) is 0 Å². The van der Waals surface area contributed by atoms with Crippen molar-refractivity contribution in [1.29, 1.82) is 0 Å². The van der Waals surface area contributed by atoms with Crippen molar-refractivity contribution in [1.82, 2.24) is 5.32 Å². The second-order valence-corrected chi connectivity index (χ2v) is 5.70. The van der Waals surface area contributed by atoms with Crippen LogP contribution in [0.4, 0.5) is 5.69 Å². The van der Waals surface area contributed by atoms with E-state index in [1.807, 2.05) is 18.2 Å². The maximum absolute atomic E-state index is 11.8. The highest BCUT2D eigenvalue weighted by atomic mass is 35.5. The summed E-state index contributed by atoms with van der Waals surface area (Å²) in [6.45, 7) is 0.0740. The zero-order valence-corrected chi connectivity index (χ0v) is 14.2. The van der Waals surface area contributed by atoms with E-state index in [1.165, 1.54) is 6.07 Å². The first-order valence-electron chi connectivity index (χ1n) is 7.24. The normalized spacial score (nSPS) is 10.1. The van der Waals surface area contributed by atoms with Crippen molar-refractivity contribution in [3.05, 3.63) is 58.6 Å². The summed E-state index contributed by atoms with van der Waals surface area (Å²) in [6, 6.07) is 13.9. The topological polar surface area (TPSA) is 67.4 Å². The third-order valence-corrected chi connectivity index (χ3v) is 3.55. The van der Waals surface area contributed by atoms with Crippen LogP contribution in [0.15, 0.2) is 48.5 Å². The summed E-state index contributed by atoms with van der Waals surface area (Å²) in [5, 5.41) is 5.93. The molecule has 0 atom stereocenters. The molecule has 0 saturated heterocycles. The minimum absolute atomic E-state index is 0.153. The number of anilines is 1. The molecule has 0 aromatic heterocycles. The van der Waals surface area contributed by atoms with Crippen molar-refractivity contribution < 1.29 is 14.3 Å². The molecule has 2 N–H and O–H groups in total. The second kappa shape index (κ2) is 9.15. The molecule has 0 fully saturated rings. The number of halogens is 2. The van der Waals surface area contributed by atoms with Crippen LogP contribution in [0.2, 0.25) is 10.0 Å². The van der Waals surface area contributed by atoms with Gasteiger partial charge in [0.15, 0.2) is 0 Å². The van der Waals surface area contributed by atoms with Crippen LogP contribution in [0.5, 0.6) is 5.75 Å². The van der Waals surface area contributed by atoms with E-state index in [9.17, 15) is 9.59 Å². The van der Waals surface area contributed by atoms with E-state index in [-0.39, 0.29) is 25.5 Å². The van der Waals surface area contributed by atoms with E-state index in [0.717, 1.165) is 0 Å². The zero-order valence-electron chi connectivity index (χ0n) is 12.7. The van der Waals surface area contributed by atoms with Crippen LogP contribution in [0.25, 0.3) is 0 Å². The third-order valence-electron chi connectivity index (χ3n) is 2.99. The Kier molecular flexibility index (Phi) is 6.90. The average Bonchev–Trinajstić information content (AvgIpc) is 2.57. The van der Waals surface area contributed by atoms with Gasteiger partial charge in [-0.25, -0.2) is 0 Å². The summed E-state index contributed by atoms with van der Waals surface area (Å²) < 4.78 is 5.41. The highest BCUT2D eigenvalue weighted by Gasteiger charge is 2.09. The predicted molar refractivity (Wildman–Crippen MR) is 94.7 cm³/mol. The quantitative estimate of drug-likeness (QED) is 0.787. The molecule has 0 bridgehead atoms. The van der Waals surface area contributed by atoms with Crippen molar-refractivity contribution in [3.63, 3.8) is 0 Å². The van der Waals surface area contributed by atoms with Gasteiger partial charge in [-0.05, 0) is 30.3 Å². The van der Waals surface area contributed by atoms with Crippen molar-refractivity contribution in [2.45, 2.75) is 6.42 Å². The van der Waals surface area contributed by atoms with Crippen molar-refractivity contribution in [2.24, 2.45) is 0 Å². The van der Waals surface area contributed by atoms with Gasteiger partial charge >= 0.3 is 0 Å². The van der Waals surface area contributed by atoms with Gasteiger partial charge in [0.1, 0.15) is 5.75 Å². The van der Waals surface area contributed by atoms with Gasteiger partial charge in [-0.15, -0.1) is 0 Å². The molecule has 24 heavy (non-hydrogen) atoms.